The Morgan fingerprint density at radius 2 is 2.15 bits per heavy atom. The molecular formula is C7H14N2O4. The van der Waals surface area contributed by atoms with E-state index in [9.17, 15) is 9.59 Å². The summed E-state index contributed by atoms with van der Waals surface area (Å²) in [4.78, 5) is 25.1. The van der Waals surface area contributed by atoms with Crippen LogP contribution in [0.4, 0.5) is 0 Å². The normalized spacial score (nSPS) is 9.62. The number of rotatable bonds is 7. The Bertz CT molecular complexity index is 172. The van der Waals surface area contributed by atoms with E-state index in [2.05, 4.69) is 10.2 Å². The molecule has 13 heavy (non-hydrogen) atoms. The molecule has 0 radical (unpaired) electrons. The van der Waals surface area contributed by atoms with Gasteiger partial charge in [-0.05, 0) is 13.0 Å². The molecule has 0 rings (SSSR count). The first-order chi connectivity index (χ1) is 6.16. The fourth-order valence-corrected chi connectivity index (χ4v) is 0.593. The van der Waals surface area contributed by atoms with Gasteiger partial charge in [0.15, 0.2) is 6.61 Å². The lowest BCUT2D eigenvalue weighted by molar-refractivity contribution is -0.149. The third-order valence-electron chi connectivity index (χ3n) is 1.09. The maximum atomic E-state index is 10.8. The van der Waals surface area contributed by atoms with Crippen LogP contribution in [0.2, 0.25) is 0 Å². The molecule has 0 spiro atoms. The van der Waals surface area contributed by atoms with Crippen molar-refractivity contribution in [1.29, 1.82) is 0 Å². The number of carboxylic acid groups (broad SMARTS) is 1. The van der Waals surface area contributed by atoms with Crippen LogP contribution in [0, 0.1) is 0 Å². The zero-order chi connectivity index (χ0) is 10.1. The highest BCUT2D eigenvalue weighted by Gasteiger charge is 2.01. The number of carbonyl (C=O) groups excluding carboxylic acids is 1. The quantitative estimate of drug-likeness (QED) is 0.358. The Morgan fingerprint density at radius 3 is 2.69 bits per heavy atom. The van der Waals surface area contributed by atoms with Gasteiger partial charge in [0.2, 0.25) is 0 Å². The molecule has 1 amide bonds. The van der Waals surface area contributed by atoms with Gasteiger partial charge < -0.3 is 10.4 Å². The molecule has 0 saturated carbocycles. The number of carbonyl (C=O) groups is 2. The monoisotopic (exact) mass is 190 g/mol. The molecular weight excluding hydrogens is 176 g/mol. The summed E-state index contributed by atoms with van der Waals surface area (Å²) < 4.78 is 0. The average Bonchev–Trinajstić information content (AvgIpc) is 2.04. The number of nitrogens with one attached hydrogen (secondary N) is 2. The molecule has 0 saturated heterocycles. The topological polar surface area (TPSA) is 87.7 Å². The molecule has 0 aliphatic carbocycles. The van der Waals surface area contributed by atoms with Crippen molar-refractivity contribution in [3.05, 3.63) is 0 Å². The minimum Gasteiger partial charge on any atom is -0.479 e. The lowest BCUT2D eigenvalue weighted by atomic mass is 10.5. The summed E-state index contributed by atoms with van der Waals surface area (Å²) in [5, 5.41) is 11.0. The third-order valence-corrected chi connectivity index (χ3v) is 1.09. The number of amides is 1. The van der Waals surface area contributed by atoms with Gasteiger partial charge in [-0.1, -0.05) is 6.92 Å². The Balaban J connectivity index is 3.25. The summed E-state index contributed by atoms with van der Waals surface area (Å²) in [6.45, 7) is 2.32. The molecule has 0 aromatic rings. The number of aliphatic carboxylic acids is 1. The van der Waals surface area contributed by atoms with Gasteiger partial charge in [0.05, 0.1) is 6.54 Å². The molecule has 3 N–H and O–H groups in total. The Labute approximate surface area is 76.2 Å². The van der Waals surface area contributed by atoms with Crippen LogP contribution in [0.3, 0.4) is 0 Å². The zero-order valence-electron chi connectivity index (χ0n) is 7.50. The van der Waals surface area contributed by atoms with Gasteiger partial charge in [0, 0.05) is 0 Å². The predicted octanol–water partition coefficient (Wildman–Crippen LogP) is -0.882. The highest BCUT2D eigenvalue weighted by Crippen LogP contribution is 1.72. The van der Waals surface area contributed by atoms with Crippen LogP contribution < -0.4 is 10.8 Å². The van der Waals surface area contributed by atoms with Gasteiger partial charge in [-0.15, -0.1) is 0 Å². The Morgan fingerprint density at radius 1 is 1.46 bits per heavy atom. The second-order valence-corrected chi connectivity index (χ2v) is 2.38. The molecule has 6 heteroatoms. The molecule has 0 fully saturated rings. The predicted molar refractivity (Wildman–Crippen MR) is 44.9 cm³/mol. The summed E-state index contributed by atoms with van der Waals surface area (Å²) in [5.74, 6) is -1.50. The van der Waals surface area contributed by atoms with Gasteiger partial charge in [-0.3, -0.25) is 9.63 Å². The molecule has 0 heterocycles. The van der Waals surface area contributed by atoms with E-state index in [1.165, 1.54) is 0 Å². The van der Waals surface area contributed by atoms with Crippen LogP contribution in [0.1, 0.15) is 13.3 Å². The van der Waals surface area contributed by atoms with E-state index in [1.807, 2.05) is 12.4 Å². The van der Waals surface area contributed by atoms with Crippen molar-refractivity contribution in [3.63, 3.8) is 0 Å². The van der Waals surface area contributed by atoms with E-state index in [0.29, 0.717) is 0 Å². The van der Waals surface area contributed by atoms with Crippen LogP contribution in [0.5, 0.6) is 0 Å². The van der Waals surface area contributed by atoms with Crippen molar-refractivity contribution >= 4 is 11.9 Å². The number of hydrogen-bond acceptors (Lipinski definition) is 4. The van der Waals surface area contributed by atoms with Crippen molar-refractivity contribution in [1.82, 2.24) is 10.8 Å². The maximum Gasteiger partial charge on any atom is 0.332 e. The highest BCUT2D eigenvalue weighted by molar-refractivity contribution is 5.77. The van der Waals surface area contributed by atoms with Crippen LogP contribution in [-0.2, 0) is 14.4 Å². The second kappa shape index (κ2) is 7.51. The van der Waals surface area contributed by atoms with E-state index in [1.54, 1.807) is 0 Å². The van der Waals surface area contributed by atoms with E-state index in [4.69, 9.17) is 5.11 Å². The molecule has 0 aliphatic rings. The molecule has 0 atom stereocenters. The Hall–Kier alpha value is -1.14. The van der Waals surface area contributed by atoms with E-state index in [-0.39, 0.29) is 12.5 Å². The highest BCUT2D eigenvalue weighted by atomic mass is 16.7. The van der Waals surface area contributed by atoms with Crippen LogP contribution >= 0.6 is 0 Å². The van der Waals surface area contributed by atoms with E-state index in [0.717, 1.165) is 13.0 Å². The summed E-state index contributed by atoms with van der Waals surface area (Å²) >= 11 is 0. The summed E-state index contributed by atoms with van der Waals surface area (Å²) in [5.41, 5.74) is 1.99. The third kappa shape index (κ3) is 8.77. The Kier molecular flexibility index (Phi) is 6.85. The molecule has 0 aliphatic heterocycles. The lowest BCUT2D eigenvalue weighted by Gasteiger charge is -2.03. The van der Waals surface area contributed by atoms with Gasteiger partial charge in [-0.25, -0.2) is 10.3 Å². The van der Waals surface area contributed by atoms with Crippen LogP contribution in [-0.4, -0.2) is 36.7 Å². The first-order valence-corrected chi connectivity index (χ1v) is 4.00. The van der Waals surface area contributed by atoms with Crippen molar-refractivity contribution in [2.75, 3.05) is 19.7 Å². The van der Waals surface area contributed by atoms with Gasteiger partial charge in [0.25, 0.3) is 5.91 Å². The summed E-state index contributed by atoms with van der Waals surface area (Å²) in [6.07, 6.45) is 0.934. The standard InChI is InChI=1S/C7H14N2O4/c1-2-3-8-4-6(10)9-13-5-7(11)12/h8H,2-5H2,1H3,(H,9,10)(H,11,12). The van der Waals surface area contributed by atoms with Gasteiger partial charge in [-0.2, -0.15) is 0 Å². The summed E-state index contributed by atoms with van der Waals surface area (Å²) in [6, 6.07) is 0. The smallest absolute Gasteiger partial charge is 0.332 e. The number of hydroxylamine groups is 1. The molecule has 0 aromatic heterocycles. The minimum absolute atomic E-state index is 0.132. The van der Waals surface area contributed by atoms with Crippen molar-refractivity contribution in [2.24, 2.45) is 0 Å². The maximum absolute atomic E-state index is 10.8. The molecule has 0 unspecified atom stereocenters. The first kappa shape index (κ1) is 11.9. The van der Waals surface area contributed by atoms with E-state index >= 15 is 0 Å². The van der Waals surface area contributed by atoms with Crippen molar-refractivity contribution < 1.29 is 19.5 Å². The molecule has 0 aromatic carbocycles. The average molecular weight is 190 g/mol. The van der Waals surface area contributed by atoms with E-state index < -0.39 is 12.6 Å². The second-order valence-electron chi connectivity index (χ2n) is 2.38. The number of carboxylic acids is 1. The fraction of sp³-hybridized carbons (Fsp3) is 0.714. The SMILES string of the molecule is CCCNCC(=O)NOCC(=O)O. The van der Waals surface area contributed by atoms with Crippen LogP contribution in [0.15, 0.2) is 0 Å². The van der Waals surface area contributed by atoms with Gasteiger partial charge >= 0.3 is 5.97 Å². The van der Waals surface area contributed by atoms with Crippen LogP contribution in [0.25, 0.3) is 0 Å². The first-order valence-electron chi connectivity index (χ1n) is 4.00. The lowest BCUT2D eigenvalue weighted by Crippen LogP contribution is -2.35. The molecule has 76 valence electrons. The largest absolute Gasteiger partial charge is 0.479 e. The zero-order valence-corrected chi connectivity index (χ0v) is 7.50. The van der Waals surface area contributed by atoms with Crippen molar-refractivity contribution in [2.45, 2.75) is 13.3 Å². The number of hydrogen-bond donors (Lipinski definition) is 3. The summed E-state index contributed by atoms with van der Waals surface area (Å²) in [7, 11) is 0. The molecule has 0 bridgehead atoms. The van der Waals surface area contributed by atoms with Crippen molar-refractivity contribution in [3.8, 4) is 0 Å². The van der Waals surface area contributed by atoms with Gasteiger partial charge in [0.1, 0.15) is 0 Å². The molecule has 6 nitrogen and oxygen atoms in total. The minimum atomic E-state index is -1.12. The fourth-order valence-electron chi connectivity index (χ4n) is 0.593.